The van der Waals surface area contributed by atoms with Gasteiger partial charge in [0, 0.05) is 11.1 Å². The molecule has 2 aliphatic rings. The second kappa shape index (κ2) is 7.57. The monoisotopic (exact) mass is 382 g/mol. The molecule has 1 aliphatic heterocycles. The molecule has 1 heterocycles. The molecule has 1 fully saturated rings. The van der Waals surface area contributed by atoms with Crippen LogP contribution in [0.4, 0.5) is 0 Å². The average molecular weight is 383 g/mol. The molecule has 0 N–H and O–H groups in total. The Hall–Kier alpha value is -2.59. The van der Waals surface area contributed by atoms with E-state index in [9.17, 15) is 9.59 Å². The number of carbonyl (C=O) groups is 2. The van der Waals surface area contributed by atoms with Crippen molar-refractivity contribution in [2.75, 3.05) is 0 Å². The second-order valence-electron chi connectivity index (χ2n) is 6.91. The van der Waals surface area contributed by atoms with E-state index in [1.165, 1.54) is 6.42 Å². The van der Waals surface area contributed by atoms with Gasteiger partial charge in [0.05, 0.1) is 11.5 Å². The van der Waals surface area contributed by atoms with E-state index in [0.29, 0.717) is 22.1 Å². The molecule has 0 saturated heterocycles. The van der Waals surface area contributed by atoms with Crippen LogP contribution in [-0.2, 0) is 4.79 Å². The highest BCUT2D eigenvalue weighted by Crippen LogP contribution is 2.35. The lowest BCUT2D eigenvalue weighted by Gasteiger charge is -2.19. The molecule has 0 atom stereocenters. The molecule has 0 amide bonds. The quantitative estimate of drug-likeness (QED) is 0.403. The Kier molecular flexibility index (Phi) is 4.99. The number of rotatable bonds is 3. The summed E-state index contributed by atoms with van der Waals surface area (Å²) < 4.78 is 11.2. The minimum absolute atomic E-state index is 0.0344. The van der Waals surface area contributed by atoms with Gasteiger partial charge in [-0.05, 0) is 48.7 Å². The standard InChI is InChI=1S/C22H19ClO4/c23-16-8-4-5-14(11-16)12-20-21(24)18-10-9-17(13-19(18)27-20)26-22(25)15-6-2-1-3-7-15/h4-5,8-13,15H,1-3,6-7H2. The second-order valence-corrected chi connectivity index (χ2v) is 7.35. The number of Topliss-reactive ketones (excluding diaryl/α,β-unsaturated/α-hetero) is 1. The summed E-state index contributed by atoms with van der Waals surface area (Å²) in [7, 11) is 0. The summed E-state index contributed by atoms with van der Waals surface area (Å²) in [6.45, 7) is 0. The average Bonchev–Trinajstić information content (AvgIpc) is 2.97. The minimum atomic E-state index is -0.200. The predicted octanol–water partition coefficient (Wildman–Crippen LogP) is 5.44. The highest BCUT2D eigenvalue weighted by Gasteiger charge is 2.29. The first-order chi connectivity index (χ1) is 13.1. The van der Waals surface area contributed by atoms with Crippen LogP contribution in [0.15, 0.2) is 48.2 Å². The molecule has 1 aliphatic carbocycles. The highest BCUT2D eigenvalue weighted by atomic mass is 35.5. The molecule has 4 rings (SSSR count). The van der Waals surface area contributed by atoms with E-state index in [1.54, 1.807) is 36.4 Å². The van der Waals surface area contributed by atoms with Gasteiger partial charge in [-0.1, -0.05) is 43.0 Å². The third-order valence-electron chi connectivity index (χ3n) is 4.94. The normalized spacial score (nSPS) is 18.3. The van der Waals surface area contributed by atoms with Gasteiger partial charge in [-0.3, -0.25) is 9.59 Å². The van der Waals surface area contributed by atoms with Gasteiger partial charge in [-0.25, -0.2) is 0 Å². The van der Waals surface area contributed by atoms with Gasteiger partial charge in [-0.2, -0.15) is 0 Å². The van der Waals surface area contributed by atoms with Crippen molar-refractivity contribution in [3.05, 3.63) is 64.4 Å². The van der Waals surface area contributed by atoms with Crippen molar-refractivity contribution in [1.82, 2.24) is 0 Å². The molecule has 5 heteroatoms. The van der Waals surface area contributed by atoms with Crippen molar-refractivity contribution >= 4 is 29.4 Å². The summed E-state index contributed by atoms with van der Waals surface area (Å²) in [6.07, 6.45) is 6.73. The van der Waals surface area contributed by atoms with Gasteiger partial charge in [0.1, 0.15) is 11.5 Å². The fraction of sp³-hybridized carbons (Fsp3) is 0.273. The number of ether oxygens (including phenoxy) is 2. The van der Waals surface area contributed by atoms with Crippen molar-refractivity contribution in [1.29, 1.82) is 0 Å². The zero-order valence-corrected chi connectivity index (χ0v) is 15.5. The Balaban J connectivity index is 1.51. The van der Waals surface area contributed by atoms with Crippen molar-refractivity contribution in [3.8, 4) is 11.5 Å². The molecule has 0 aromatic heterocycles. The Morgan fingerprint density at radius 1 is 1.11 bits per heavy atom. The van der Waals surface area contributed by atoms with E-state index in [4.69, 9.17) is 21.1 Å². The molecule has 0 bridgehead atoms. The number of esters is 1. The number of hydrogen-bond acceptors (Lipinski definition) is 4. The molecular weight excluding hydrogens is 364 g/mol. The molecule has 2 aromatic rings. The number of fused-ring (bicyclic) bond motifs is 1. The molecule has 0 unspecified atom stereocenters. The number of halogens is 1. The molecular formula is C22H19ClO4. The van der Waals surface area contributed by atoms with Gasteiger partial charge in [-0.15, -0.1) is 0 Å². The topological polar surface area (TPSA) is 52.6 Å². The number of allylic oxidation sites excluding steroid dienone is 1. The van der Waals surface area contributed by atoms with E-state index in [-0.39, 0.29) is 23.4 Å². The van der Waals surface area contributed by atoms with Crippen LogP contribution >= 0.6 is 11.6 Å². The van der Waals surface area contributed by atoms with Crippen molar-refractivity contribution in [2.24, 2.45) is 5.92 Å². The molecule has 2 aromatic carbocycles. The summed E-state index contributed by atoms with van der Waals surface area (Å²) in [4.78, 5) is 24.8. The summed E-state index contributed by atoms with van der Waals surface area (Å²) in [6, 6.07) is 12.1. The fourth-order valence-corrected chi connectivity index (χ4v) is 3.71. The Bertz CT molecular complexity index is 926. The lowest BCUT2D eigenvalue weighted by molar-refractivity contribution is -0.139. The van der Waals surface area contributed by atoms with Crippen LogP contribution < -0.4 is 9.47 Å². The van der Waals surface area contributed by atoms with Gasteiger partial charge in [0.15, 0.2) is 5.76 Å². The molecule has 1 saturated carbocycles. The highest BCUT2D eigenvalue weighted by molar-refractivity contribution is 6.30. The van der Waals surface area contributed by atoms with Gasteiger partial charge >= 0.3 is 5.97 Å². The third kappa shape index (κ3) is 3.91. The first-order valence-electron chi connectivity index (χ1n) is 9.16. The minimum Gasteiger partial charge on any atom is -0.452 e. The number of benzene rings is 2. The van der Waals surface area contributed by atoms with Crippen molar-refractivity contribution in [2.45, 2.75) is 32.1 Å². The first-order valence-corrected chi connectivity index (χ1v) is 9.53. The SMILES string of the molecule is O=C1C(=Cc2cccc(Cl)c2)Oc2cc(OC(=O)C3CCCCC3)ccc21. The summed E-state index contributed by atoms with van der Waals surface area (Å²) in [5.41, 5.74) is 1.24. The van der Waals surface area contributed by atoms with Crippen molar-refractivity contribution in [3.63, 3.8) is 0 Å². The maximum absolute atomic E-state index is 12.5. The summed E-state index contributed by atoms with van der Waals surface area (Å²) in [5.74, 6) is 0.600. The first kappa shape index (κ1) is 17.8. The van der Waals surface area contributed by atoms with Gasteiger partial charge < -0.3 is 9.47 Å². The van der Waals surface area contributed by atoms with E-state index in [0.717, 1.165) is 31.2 Å². The van der Waals surface area contributed by atoms with Crippen LogP contribution in [0.25, 0.3) is 6.08 Å². The van der Waals surface area contributed by atoms with E-state index in [1.807, 2.05) is 12.1 Å². The van der Waals surface area contributed by atoms with Gasteiger partial charge in [0.25, 0.3) is 0 Å². The Labute approximate surface area is 162 Å². The van der Waals surface area contributed by atoms with Crippen LogP contribution in [0.5, 0.6) is 11.5 Å². The molecule has 138 valence electrons. The molecule has 4 nitrogen and oxygen atoms in total. The molecule has 0 spiro atoms. The zero-order chi connectivity index (χ0) is 18.8. The number of carbonyl (C=O) groups excluding carboxylic acids is 2. The predicted molar refractivity (Wildman–Crippen MR) is 103 cm³/mol. The molecule has 0 radical (unpaired) electrons. The van der Waals surface area contributed by atoms with Crippen LogP contribution in [0.1, 0.15) is 48.0 Å². The van der Waals surface area contributed by atoms with Crippen molar-refractivity contribution < 1.29 is 19.1 Å². The van der Waals surface area contributed by atoms with E-state index in [2.05, 4.69) is 0 Å². The van der Waals surface area contributed by atoms with Gasteiger partial charge in [0.2, 0.25) is 5.78 Å². The zero-order valence-electron chi connectivity index (χ0n) is 14.7. The number of ketones is 1. The van der Waals surface area contributed by atoms with E-state index < -0.39 is 0 Å². The van der Waals surface area contributed by atoms with Crippen LogP contribution in [0.2, 0.25) is 5.02 Å². The fourth-order valence-electron chi connectivity index (χ4n) is 3.52. The lowest BCUT2D eigenvalue weighted by atomic mass is 9.89. The Morgan fingerprint density at radius 3 is 2.70 bits per heavy atom. The molecule has 27 heavy (non-hydrogen) atoms. The lowest BCUT2D eigenvalue weighted by Crippen LogP contribution is -2.22. The van der Waals surface area contributed by atoms with Crippen LogP contribution in [-0.4, -0.2) is 11.8 Å². The maximum Gasteiger partial charge on any atom is 0.314 e. The van der Waals surface area contributed by atoms with E-state index >= 15 is 0 Å². The Morgan fingerprint density at radius 2 is 1.93 bits per heavy atom. The van der Waals surface area contributed by atoms with Crippen LogP contribution in [0, 0.1) is 5.92 Å². The van der Waals surface area contributed by atoms with Crippen LogP contribution in [0.3, 0.4) is 0 Å². The third-order valence-corrected chi connectivity index (χ3v) is 5.18. The largest absolute Gasteiger partial charge is 0.452 e. The smallest absolute Gasteiger partial charge is 0.314 e. The maximum atomic E-state index is 12.5. The number of hydrogen-bond donors (Lipinski definition) is 0. The summed E-state index contributed by atoms with van der Waals surface area (Å²) in [5, 5.41) is 0.587. The summed E-state index contributed by atoms with van der Waals surface area (Å²) >= 11 is 5.99.